The lowest BCUT2D eigenvalue weighted by atomic mass is 10.1. The number of nitrogens with zero attached hydrogens (tertiary/aromatic N) is 1. The maximum Gasteiger partial charge on any atom is 0.411 e. The first kappa shape index (κ1) is 27.9. The normalized spacial score (nSPS) is 11.2. The van der Waals surface area contributed by atoms with Gasteiger partial charge in [0.05, 0.1) is 23.7 Å². The Kier molecular flexibility index (Phi) is 8.68. The van der Waals surface area contributed by atoms with Crippen LogP contribution in [-0.2, 0) is 38.0 Å². The number of nitrogens with one attached hydrogen (secondary N) is 1. The molecule has 1 amide bonds. The summed E-state index contributed by atoms with van der Waals surface area (Å²) in [5.41, 5.74) is 2.87. The Bertz CT molecular complexity index is 1600. The van der Waals surface area contributed by atoms with Crippen molar-refractivity contribution < 1.29 is 32.4 Å². The largest absolute Gasteiger partial charge is 0.481 e. The molecule has 4 rings (SSSR count). The van der Waals surface area contributed by atoms with E-state index in [1.165, 1.54) is 12.1 Å². The summed E-state index contributed by atoms with van der Waals surface area (Å²) in [4.78, 5) is 23.6. The van der Waals surface area contributed by atoms with Gasteiger partial charge in [-0.3, -0.25) is 10.1 Å². The van der Waals surface area contributed by atoms with Gasteiger partial charge in [0.2, 0.25) is 0 Å². The van der Waals surface area contributed by atoms with Crippen LogP contribution in [0.25, 0.3) is 11.3 Å². The molecule has 0 fully saturated rings. The molecule has 0 saturated heterocycles. The second kappa shape index (κ2) is 12.1. The van der Waals surface area contributed by atoms with E-state index in [1.807, 2.05) is 18.2 Å². The second-order valence-electron chi connectivity index (χ2n) is 8.70. The van der Waals surface area contributed by atoms with Gasteiger partial charge in [0, 0.05) is 17.0 Å². The summed E-state index contributed by atoms with van der Waals surface area (Å²) >= 11 is 6.14. The van der Waals surface area contributed by atoms with Crippen LogP contribution in [0.15, 0.2) is 82.2 Å². The summed E-state index contributed by atoms with van der Waals surface area (Å²) in [6, 6.07) is 20.0. The van der Waals surface area contributed by atoms with Crippen molar-refractivity contribution in [2.45, 2.75) is 30.4 Å². The van der Waals surface area contributed by atoms with Gasteiger partial charge in [-0.2, -0.15) is 0 Å². The minimum atomic E-state index is -3.80. The maximum atomic E-state index is 13.0. The summed E-state index contributed by atoms with van der Waals surface area (Å²) in [5.74, 6) is -1.06. The molecule has 3 aromatic carbocycles. The molecule has 202 valence electrons. The van der Waals surface area contributed by atoms with Crippen molar-refractivity contribution in [3.05, 3.63) is 100 Å². The Balaban J connectivity index is 1.44. The number of sulfone groups is 1. The van der Waals surface area contributed by atoms with Gasteiger partial charge in [0.1, 0.15) is 11.4 Å². The number of hydrogen-bond donors (Lipinski definition) is 2. The lowest BCUT2D eigenvalue weighted by molar-refractivity contribution is -0.136. The van der Waals surface area contributed by atoms with Crippen LogP contribution in [0.3, 0.4) is 0 Å². The number of carbonyl (C=O) groups excluding carboxylic acids is 1. The van der Waals surface area contributed by atoms with Crippen molar-refractivity contribution in [2.24, 2.45) is 0 Å². The topological polar surface area (TPSA) is 136 Å². The van der Waals surface area contributed by atoms with Gasteiger partial charge < -0.3 is 14.4 Å². The molecule has 39 heavy (non-hydrogen) atoms. The first-order valence-corrected chi connectivity index (χ1v) is 13.9. The summed E-state index contributed by atoms with van der Waals surface area (Å²) in [6.07, 6.45) is -0.622. The number of carboxylic acids is 1. The van der Waals surface area contributed by atoms with Crippen LogP contribution in [0.1, 0.15) is 22.5 Å². The molecule has 0 unspecified atom stereocenters. The fourth-order valence-electron chi connectivity index (χ4n) is 3.98. The molecule has 11 heteroatoms. The van der Waals surface area contributed by atoms with Crippen molar-refractivity contribution >= 4 is 39.2 Å². The van der Waals surface area contributed by atoms with E-state index >= 15 is 0 Å². The lowest BCUT2D eigenvalue weighted by Gasteiger charge is -2.10. The van der Waals surface area contributed by atoms with Gasteiger partial charge in [-0.15, -0.1) is 0 Å². The predicted octanol–water partition coefficient (Wildman–Crippen LogP) is 5.70. The standard InChI is InChI=1S/C28H25ClN2O7S/c1-18-26(30-28(34)37-15-14-20-6-2-4-8-23(20)29)27(31-38-18)21-12-10-19(11-13-21)17-39(35,36)24-9-5-3-7-22(24)16-25(32)33/h2-13H,14-17H2,1H3,(H,30,34)(H,32,33). The number of rotatable bonds is 10. The highest BCUT2D eigenvalue weighted by Gasteiger charge is 2.22. The minimum Gasteiger partial charge on any atom is -0.481 e. The number of hydrogen-bond acceptors (Lipinski definition) is 7. The molecule has 0 aliphatic heterocycles. The van der Waals surface area contributed by atoms with E-state index in [2.05, 4.69) is 10.5 Å². The van der Waals surface area contributed by atoms with Crippen LogP contribution in [0.4, 0.5) is 10.5 Å². The quantitative estimate of drug-likeness (QED) is 0.249. The van der Waals surface area contributed by atoms with Crippen LogP contribution in [0.2, 0.25) is 5.02 Å². The van der Waals surface area contributed by atoms with Gasteiger partial charge in [-0.05, 0) is 35.7 Å². The number of aryl methyl sites for hydroxylation is 1. The van der Waals surface area contributed by atoms with Crippen molar-refractivity contribution in [3.63, 3.8) is 0 Å². The van der Waals surface area contributed by atoms with Crippen LogP contribution in [0, 0.1) is 6.92 Å². The third-order valence-electron chi connectivity index (χ3n) is 5.89. The van der Waals surface area contributed by atoms with Crippen LogP contribution >= 0.6 is 11.6 Å². The Morgan fingerprint density at radius 2 is 1.67 bits per heavy atom. The number of halogens is 1. The van der Waals surface area contributed by atoms with E-state index < -0.39 is 28.3 Å². The Labute approximate surface area is 230 Å². The van der Waals surface area contributed by atoms with Crippen LogP contribution in [0.5, 0.6) is 0 Å². The Hall–Kier alpha value is -4.15. The molecule has 4 aromatic rings. The number of benzene rings is 3. The number of ether oxygens (including phenoxy) is 1. The van der Waals surface area contributed by atoms with Gasteiger partial charge in [0.25, 0.3) is 0 Å². The summed E-state index contributed by atoms with van der Waals surface area (Å²) in [6.45, 7) is 1.76. The van der Waals surface area contributed by atoms with Crippen LogP contribution in [-0.4, -0.2) is 37.4 Å². The van der Waals surface area contributed by atoms with Gasteiger partial charge in [0.15, 0.2) is 15.6 Å². The first-order chi connectivity index (χ1) is 18.6. The van der Waals surface area contributed by atoms with Crippen molar-refractivity contribution in [3.8, 4) is 11.3 Å². The Morgan fingerprint density at radius 3 is 2.36 bits per heavy atom. The number of aliphatic carboxylic acids is 1. The lowest BCUT2D eigenvalue weighted by Crippen LogP contribution is -2.16. The van der Waals surface area contributed by atoms with E-state index in [4.69, 9.17) is 26.0 Å². The number of amides is 1. The molecular weight excluding hydrogens is 544 g/mol. The molecule has 0 aliphatic rings. The second-order valence-corrected chi connectivity index (χ2v) is 11.1. The van der Waals surface area contributed by atoms with Crippen molar-refractivity contribution in [1.29, 1.82) is 0 Å². The zero-order chi connectivity index (χ0) is 28.0. The zero-order valence-corrected chi connectivity index (χ0v) is 22.5. The molecular formula is C28H25ClN2O7S. The highest BCUT2D eigenvalue weighted by Crippen LogP contribution is 2.31. The summed E-state index contributed by atoms with van der Waals surface area (Å²) in [5, 5.41) is 16.4. The summed E-state index contributed by atoms with van der Waals surface area (Å²) in [7, 11) is -3.80. The number of anilines is 1. The number of carbonyl (C=O) groups is 2. The molecule has 0 spiro atoms. The Morgan fingerprint density at radius 1 is 1.00 bits per heavy atom. The molecule has 0 radical (unpaired) electrons. The minimum absolute atomic E-state index is 0.0110. The predicted molar refractivity (Wildman–Crippen MR) is 145 cm³/mol. The molecule has 0 aliphatic carbocycles. The SMILES string of the molecule is Cc1onc(-c2ccc(CS(=O)(=O)c3ccccc3CC(=O)O)cc2)c1NC(=O)OCCc1ccccc1Cl. The molecule has 0 atom stereocenters. The van der Waals surface area contributed by atoms with Crippen molar-refractivity contribution in [2.75, 3.05) is 11.9 Å². The highest BCUT2D eigenvalue weighted by molar-refractivity contribution is 7.90. The van der Waals surface area contributed by atoms with E-state index in [0.29, 0.717) is 39.7 Å². The average Bonchev–Trinajstić information content (AvgIpc) is 3.25. The molecule has 0 saturated carbocycles. The number of aromatic nitrogens is 1. The third-order valence-corrected chi connectivity index (χ3v) is 8.04. The van der Waals surface area contributed by atoms with Crippen molar-refractivity contribution in [1.82, 2.24) is 5.16 Å². The van der Waals surface area contributed by atoms with Gasteiger partial charge >= 0.3 is 12.1 Å². The van der Waals surface area contributed by atoms with Crippen LogP contribution < -0.4 is 5.32 Å². The van der Waals surface area contributed by atoms with E-state index in [1.54, 1.807) is 49.4 Å². The summed E-state index contributed by atoms with van der Waals surface area (Å²) < 4.78 is 36.6. The highest BCUT2D eigenvalue weighted by atomic mass is 35.5. The maximum absolute atomic E-state index is 13.0. The first-order valence-electron chi connectivity index (χ1n) is 11.9. The van der Waals surface area contributed by atoms with Gasteiger partial charge in [-0.1, -0.05) is 77.4 Å². The molecule has 1 heterocycles. The molecule has 2 N–H and O–H groups in total. The third kappa shape index (κ3) is 7.04. The number of carboxylic acid groups (broad SMARTS) is 1. The van der Waals surface area contributed by atoms with E-state index in [0.717, 1.165) is 5.56 Å². The van der Waals surface area contributed by atoms with Gasteiger partial charge in [-0.25, -0.2) is 13.2 Å². The van der Waals surface area contributed by atoms with E-state index in [-0.39, 0.29) is 22.8 Å². The fourth-order valence-corrected chi connectivity index (χ4v) is 5.82. The fraction of sp³-hybridized carbons (Fsp3) is 0.179. The monoisotopic (exact) mass is 568 g/mol. The molecule has 9 nitrogen and oxygen atoms in total. The molecule has 1 aromatic heterocycles. The smallest absolute Gasteiger partial charge is 0.411 e. The van der Waals surface area contributed by atoms with E-state index in [9.17, 15) is 18.0 Å². The zero-order valence-electron chi connectivity index (χ0n) is 20.9. The molecule has 0 bridgehead atoms. The average molecular weight is 569 g/mol.